The first-order valence-electron chi connectivity index (χ1n) is 4.77. The average Bonchev–Trinajstić information content (AvgIpc) is 2.45. The van der Waals surface area contributed by atoms with Crippen LogP contribution >= 0.6 is 0 Å². The van der Waals surface area contributed by atoms with Gasteiger partial charge in [-0.2, -0.15) is 0 Å². The molecule has 0 spiro atoms. The molecule has 0 fully saturated rings. The smallest absolute Gasteiger partial charge is 0.255 e. The number of hydrogen-bond donors (Lipinski definition) is 2. The molecule has 4 nitrogen and oxygen atoms in total. The molecule has 1 aromatic rings. The summed E-state index contributed by atoms with van der Waals surface area (Å²) in [6.07, 6.45) is 0. The van der Waals surface area contributed by atoms with Crippen LogP contribution in [0.15, 0.2) is 6.07 Å². The minimum absolute atomic E-state index is 0.0760. The summed E-state index contributed by atoms with van der Waals surface area (Å²) in [5.41, 5.74) is 1.93. The number of amides is 1. The molecule has 1 amide bonds. The van der Waals surface area contributed by atoms with Gasteiger partial charge < -0.3 is 15.2 Å². The molecule has 2 N–H and O–H groups in total. The normalized spacial score (nSPS) is 18.6. The predicted octanol–water partition coefficient (Wildman–Crippen LogP) is 1.51. The second-order valence-corrected chi connectivity index (χ2v) is 3.71. The van der Waals surface area contributed by atoms with Crippen molar-refractivity contribution in [2.45, 2.75) is 19.9 Å². The van der Waals surface area contributed by atoms with Crippen LogP contribution in [0.4, 0.5) is 0 Å². The first-order chi connectivity index (χ1) is 7.06. The zero-order valence-corrected chi connectivity index (χ0v) is 8.92. The van der Waals surface area contributed by atoms with Gasteiger partial charge in [-0.3, -0.25) is 4.79 Å². The zero-order chi connectivity index (χ0) is 11.2. The highest BCUT2D eigenvalue weighted by atomic mass is 16.5. The lowest BCUT2D eigenvalue weighted by atomic mass is 10.0. The molecule has 4 heteroatoms. The van der Waals surface area contributed by atoms with Gasteiger partial charge >= 0.3 is 0 Å². The van der Waals surface area contributed by atoms with Crippen LogP contribution in [0.2, 0.25) is 0 Å². The molecule has 0 radical (unpaired) electrons. The summed E-state index contributed by atoms with van der Waals surface area (Å²) < 4.78 is 5.17. The van der Waals surface area contributed by atoms with Crippen LogP contribution in [0.3, 0.4) is 0 Å². The van der Waals surface area contributed by atoms with E-state index in [2.05, 4.69) is 5.32 Å². The van der Waals surface area contributed by atoms with E-state index in [0.717, 1.165) is 5.56 Å². The monoisotopic (exact) mass is 207 g/mol. The first-order valence-corrected chi connectivity index (χ1v) is 4.77. The van der Waals surface area contributed by atoms with Crippen LogP contribution in [-0.2, 0) is 0 Å². The van der Waals surface area contributed by atoms with Crippen molar-refractivity contribution in [1.29, 1.82) is 0 Å². The molecule has 15 heavy (non-hydrogen) atoms. The number of benzene rings is 1. The van der Waals surface area contributed by atoms with Gasteiger partial charge in [0.2, 0.25) is 0 Å². The Kier molecular flexibility index (Phi) is 2.07. The lowest BCUT2D eigenvalue weighted by molar-refractivity contribution is 0.0956. The van der Waals surface area contributed by atoms with Crippen molar-refractivity contribution in [3.63, 3.8) is 0 Å². The summed E-state index contributed by atoms with van der Waals surface area (Å²) in [4.78, 5) is 11.6. The maximum atomic E-state index is 11.6. The Hall–Kier alpha value is -1.71. The number of phenolic OH excluding ortho intramolecular Hbond substituents is 1. The zero-order valence-electron chi connectivity index (χ0n) is 8.92. The van der Waals surface area contributed by atoms with E-state index in [0.29, 0.717) is 16.9 Å². The van der Waals surface area contributed by atoms with Gasteiger partial charge in [0, 0.05) is 5.56 Å². The van der Waals surface area contributed by atoms with Gasteiger partial charge in [0.1, 0.15) is 11.5 Å². The summed E-state index contributed by atoms with van der Waals surface area (Å²) in [5, 5.41) is 12.5. The van der Waals surface area contributed by atoms with Crippen molar-refractivity contribution in [3.05, 3.63) is 22.8 Å². The molecule has 1 aliphatic heterocycles. The summed E-state index contributed by atoms with van der Waals surface area (Å²) in [7, 11) is 1.50. The van der Waals surface area contributed by atoms with Gasteiger partial charge in [0.05, 0.1) is 18.7 Å². The minimum atomic E-state index is -0.141. The largest absolute Gasteiger partial charge is 0.508 e. The van der Waals surface area contributed by atoms with Crippen LogP contribution < -0.4 is 10.1 Å². The van der Waals surface area contributed by atoms with E-state index < -0.39 is 0 Å². The van der Waals surface area contributed by atoms with E-state index in [-0.39, 0.29) is 17.7 Å². The van der Waals surface area contributed by atoms with Gasteiger partial charge in [0.15, 0.2) is 0 Å². The van der Waals surface area contributed by atoms with E-state index in [9.17, 15) is 9.90 Å². The third-order valence-corrected chi connectivity index (χ3v) is 2.78. The number of methoxy groups -OCH3 is 1. The molecule has 1 aliphatic rings. The maximum Gasteiger partial charge on any atom is 0.255 e. The Labute approximate surface area is 87.9 Å². The Morgan fingerprint density at radius 3 is 2.80 bits per heavy atom. The van der Waals surface area contributed by atoms with E-state index in [1.165, 1.54) is 7.11 Å². The van der Waals surface area contributed by atoms with E-state index in [1.54, 1.807) is 13.0 Å². The van der Waals surface area contributed by atoms with Crippen LogP contribution in [0, 0.1) is 6.92 Å². The fourth-order valence-corrected chi connectivity index (χ4v) is 1.94. The lowest BCUT2D eigenvalue weighted by Gasteiger charge is -2.11. The molecule has 1 unspecified atom stereocenters. The molecule has 1 aromatic carbocycles. The molecule has 0 saturated heterocycles. The molecule has 80 valence electrons. The Morgan fingerprint density at radius 1 is 1.53 bits per heavy atom. The minimum Gasteiger partial charge on any atom is -0.508 e. The van der Waals surface area contributed by atoms with Crippen LogP contribution in [-0.4, -0.2) is 18.1 Å². The van der Waals surface area contributed by atoms with Gasteiger partial charge in [-0.05, 0) is 25.5 Å². The van der Waals surface area contributed by atoms with E-state index >= 15 is 0 Å². The first kappa shape index (κ1) is 9.83. The molecule has 1 heterocycles. The fourth-order valence-electron chi connectivity index (χ4n) is 1.94. The third-order valence-electron chi connectivity index (χ3n) is 2.78. The van der Waals surface area contributed by atoms with Gasteiger partial charge in [-0.25, -0.2) is 0 Å². The second kappa shape index (κ2) is 3.15. The van der Waals surface area contributed by atoms with Crippen molar-refractivity contribution >= 4 is 5.91 Å². The number of ether oxygens (including phenoxy) is 1. The van der Waals surface area contributed by atoms with Crippen LogP contribution in [0.1, 0.15) is 34.5 Å². The highest BCUT2D eigenvalue weighted by Gasteiger charge is 2.31. The second-order valence-electron chi connectivity index (χ2n) is 3.71. The maximum absolute atomic E-state index is 11.6. The van der Waals surface area contributed by atoms with E-state index in [1.807, 2.05) is 6.92 Å². The molecular weight excluding hydrogens is 194 g/mol. The van der Waals surface area contributed by atoms with Crippen molar-refractivity contribution in [2.24, 2.45) is 0 Å². The standard InChI is InChI=1S/C11H13NO3/c1-5-8(13)4-7-6(2)12-11(14)9(7)10(5)15-3/h4,6,13H,1-3H3,(H,12,14). The number of fused-ring (bicyclic) bond motifs is 1. The highest BCUT2D eigenvalue weighted by molar-refractivity contribution is 6.02. The summed E-state index contributed by atoms with van der Waals surface area (Å²) in [6.45, 7) is 3.60. The van der Waals surface area contributed by atoms with Gasteiger partial charge in [-0.1, -0.05) is 0 Å². The number of nitrogens with one attached hydrogen (secondary N) is 1. The number of aromatic hydroxyl groups is 1. The fraction of sp³-hybridized carbons (Fsp3) is 0.364. The number of rotatable bonds is 1. The lowest BCUT2D eigenvalue weighted by Crippen LogP contribution is -2.16. The quantitative estimate of drug-likeness (QED) is 0.734. The summed E-state index contributed by atoms with van der Waals surface area (Å²) >= 11 is 0. The molecule has 0 aliphatic carbocycles. The van der Waals surface area contributed by atoms with Crippen molar-refractivity contribution in [1.82, 2.24) is 5.32 Å². The van der Waals surface area contributed by atoms with Gasteiger partial charge in [-0.15, -0.1) is 0 Å². The SMILES string of the molecule is COc1c(C)c(O)cc2c1C(=O)NC2C. The molecule has 0 bridgehead atoms. The van der Waals surface area contributed by atoms with Crippen LogP contribution in [0.5, 0.6) is 11.5 Å². The Bertz CT molecular complexity index is 440. The number of carbonyl (C=O) groups excluding carboxylic acids is 1. The van der Waals surface area contributed by atoms with Crippen LogP contribution in [0.25, 0.3) is 0 Å². The molecule has 0 saturated carbocycles. The average molecular weight is 207 g/mol. The Morgan fingerprint density at radius 2 is 2.20 bits per heavy atom. The molecule has 2 rings (SSSR count). The predicted molar refractivity (Wildman–Crippen MR) is 55.3 cm³/mol. The summed E-state index contributed by atoms with van der Waals surface area (Å²) in [6, 6.07) is 1.54. The number of phenols is 1. The van der Waals surface area contributed by atoms with Crippen molar-refractivity contribution in [3.8, 4) is 11.5 Å². The molecule has 0 aromatic heterocycles. The Balaban J connectivity index is 2.75. The van der Waals surface area contributed by atoms with E-state index in [4.69, 9.17) is 4.74 Å². The molecular formula is C11H13NO3. The van der Waals surface area contributed by atoms with Crippen molar-refractivity contribution < 1.29 is 14.6 Å². The topological polar surface area (TPSA) is 58.6 Å². The highest BCUT2D eigenvalue weighted by Crippen LogP contribution is 2.39. The van der Waals surface area contributed by atoms with Gasteiger partial charge in [0.25, 0.3) is 5.91 Å². The third kappa shape index (κ3) is 1.25. The van der Waals surface area contributed by atoms with Crippen molar-refractivity contribution in [2.75, 3.05) is 7.11 Å². The summed E-state index contributed by atoms with van der Waals surface area (Å²) in [5.74, 6) is 0.484. The number of carbonyl (C=O) groups is 1. The number of hydrogen-bond acceptors (Lipinski definition) is 3. The molecule has 1 atom stereocenters.